The van der Waals surface area contributed by atoms with Crippen LogP contribution in [0.1, 0.15) is 30.1 Å². The summed E-state index contributed by atoms with van der Waals surface area (Å²) >= 11 is 0. The Morgan fingerprint density at radius 1 is 1.12 bits per heavy atom. The summed E-state index contributed by atoms with van der Waals surface area (Å²) in [5.41, 5.74) is 4.85. The van der Waals surface area contributed by atoms with Crippen LogP contribution in [-0.2, 0) is 0 Å². The molecule has 0 heterocycles. The maximum absolute atomic E-state index is 10.1. The summed E-state index contributed by atoms with van der Waals surface area (Å²) in [5, 5.41) is 10.1. The average molecular weight is 210 g/mol. The molecule has 0 aliphatic heterocycles. The van der Waals surface area contributed by atoms with Crippen LogP contribution in [0.15, 0.2) is 54.1 Å². The molecule has 1 heteroatoms. The summed E-state index contributed by atoms with van der Waals surface area (Å²) in [4.78, 5) is 0. The fourth-order valence-corrected chi connectivity index (χ4v) is 2.46. The summed E-state index contributed by atoms with van der Waals surface area (Å²) in [7, 11) is 0. The fraction of sp³-hybridized carbons (Fsp3) is 0.200. The molecule has 0 fully saturated rings. The number of benzene rings is 1. The van der Waals surface area contributed by atoms with Crippen LogP contribution in [0.2, 0.25) is 0 Å². The van der Waals surface area contributed by atoms with Crippen LogP contribution in [0.3, 0.4) is 0 Å². The molecule has 1 N–H and O–H groups in total. The topological polar surface area (TPSA) is 20.2 Å². The fourth-order valence-electron chi connectivity index (χ4n) is 2.46. The molecule has 0 spiro atoms. The Balaban J connectivity index is 2.25. The van der Waals surface area contributed by atoms with Gasteiger partial charge < -0.3 is 5.11 Å². The number of fused-ring (bicyclic) bond motifs is 2. The Hall–Kier alpha value is -1.60. The van der Waals surface area contributed by atoms with Crippen molar-refractivity contribution in [2.24, 2.45) is 0 Å². The van der Waals surface area contributed by atoms with Crippen molar-refractivity contribution in [1.29, 1.82) is 0 Å². The Kier molecular flexibility index (Phi) is 2.26. The lowest BCUT2D eigenvalue weighted by Gasteiger charge is -2.16. The van der Waals surface area contributed by atoms with Gasteiger partial charge in [-0.25, -0.2) is 0 Å². The number of aliphatic hydroxyl groups is 1. The van der Waals surface area contributed by atoms with Crippen molar-refractivity contribution < 1.29 is 5.11 Å². The first kappa shape index (κ1) is 9.61. The van der Waals surface area contributed by atoms with Crippen LogP contribution in [0.4, 0.5) is 0 Å². The van der Waals surface area contributed by atoms with Crippen LogP contribution in [-0.4, -0.2) is 5.11 Å². The summed E-state index contributed by atoms with van der Waals surface area (Å²) in [5.74, 6) is 0. The third-order valence-corrected chi connectivity index (χ3v) is 3.27. The number of hydrogen-bond donors (Lipinski definition) is 1. The maximum Gasteiger partial charge on any atom is 0.0980 e. The van der Waals surface area contributed by atoms with E-state index in [4.69, 9.17) is 0 Å². The van der Waals surface area contributed by atoms with Gasteiger partial charge >= 0.3 is 0 Å². The Morgan fingerprint density at radius 3 is 2.94 bits per heavy atom. The lowest BCUT2D eigenvalue weighted by atomic mass is 9.90. The van der Waals surface area contributed by atoms with Crippen molar-refractivity contribution >= 4 is 5.57 Å². The highest BCUT2D eigenvalue weighted by Crippen LogP contribution is 2.36. The maximum atomic E-state index is 10.1. The first-order valence-electron chi connectivity index (χ1n) is 5.71. The van der Waals surface area contributed by atoms with E-state index in [0.717, 1.165) is 18.4 Å². The van der Waals surface area contributed by atoms with Gasteiger partial charge in [-0.1, -0.05) is 48.6 Å². The monoisotopic (exact) mass is 210 g/mol. The first-order valence-corrected chi connectivity index (χ1v) is 5.71. The molecule has 0 saturated heterocycles. The largest absolute Gasteiger partial charge is 0.384 e. The zero-order chi connectivity index (χ0) is 11.0. The molecule has 0 radical (unpaired) electrons. The first-order chi connectivity index (χ1) is 7.86. The number of hydrogen-bond acceptors (Lipinski definition) is 1. The molecule has 1 aromatic rings. The average Bonchev–Trinajstić information content (AvgIpc) is 2.49. The molecule has 1 unspecified atom stereocenters. The summed E-state index contributed by atoms with van der Waals surface area (Å²) in [6.45, 7) is 0. The molecule has 16 heavy (non-hydrogen) atoms. The van der Waals surface area contributed by atoms with Gasteiger partial charge in [0.1, 0.15) is 0 Å². The molecular formula is C15H14O. The van der Waals surface area contributed by atoms with Crippen molar-refractivity contribution in [3.63, 3.8) is 0 Å². The standard InChI is InChI=1S/C15H14O/c16-15-10-9-11-5-1-2-6-12(11)13-7-3-4-8-14(13)15/h1,3-5,7-10,15-16H,2,6H2. The van der Waals surface area contributed by atoms with Gasteiger partial charge in [-0.05, 0) is 35.1 Å². The smallest absolute Gasteiger partial charge is 0.0980 e. The van der Waals surface area contributed by atoms with Crippen molar-refractivity contribution in [2.75, 3.05) is 0 Å². The number of aliphatic hydroxyl groups excluding tert-OH is 1. The molecule has 1 atom stereocenters. The molecule has 1 nitrogen and oxygen atoms in total. The van der Waals surface area contributed by atoms with Crippen molar-refractivity contribution in [3.8, 4) is 0 Å². The third-order valence-electron chi connectivity index (χ3n) is 3.27. The molecular weight excluding hydrogens is 196 g/mol. The molecule has 1 aromatic carbocycles. The highest BCUT2D eigenvalue weighted by molar-refractivity contribution is 5.77. The molecule has 0 saturated carbocycles. The molecule has 3 rings (SSSR count). The van der Waals surface area contributed by atoms with Crippen LogP contribution in [0.25, 0.3) is 5.57 Å². The summed E-state index contributed by atoms with van der Waals surface area (Å²) in [6.07, 6.45) is 9.95. The van der Waals surface area contributed by atoms with Crippen LogP contribution < -0.4 is 0 Å². The third kappa shape index (κ3) is 1.44. The zero-order valence-electron chi connectivity index (χ0n) is 9.06. The molecule has 0 aromatic heterocycles. The van der Waals surface area contributed by atoms with Gasteiger partial charge in [-0.3, -0.25) is 0 Å². The Bertz CT molecular complexity index is 506. The van der Waals surface area contributed by atoms with Crippen molar-refractivity contribution in [2.45, 2.75) is 18.9 Å². The lowest BCUT2D eigenvalue weighted by molar-refractivity contribution is 0.228. The highest BCUT2D eigenvalue weighted by Gasteiger charge is 2.18. The minimum absolute atomic E-state index is 0.477. The second kappa shape index (κ2) is 3.76. The zero-order valence-corrected chi connectivity index (χ0v) is 9.06. The predicted octanol–water partition coefficient (Wildman–Crippen LogP) is 3.39. The van der Waals surface area contributed by atoms with E-state index in [1.807, 2.05) is 30.4 Å². The molecule has 2 aliphatic carbocycles. The lowest BCUT2D eigenvalue weighted by Crippen LogP contribution is -1.98. The van der Waals surface area contributed by atoms with Gasteiger partial charge in [-0.15, -0.1) is 0 Å². The van der Waals surface area contributed by atoms with E-state index < -0.39 is 6.10 Å². The highest BCUT2D eigenvalue weighted by atomic mass is 16.3. The predicted molar refractivity (Wildman–Crippen MR) is 65.8 cm³/mol. The van der Waals surface area contributed by atoms with Gasteiger partial charge in [0.05, 0.1) is 6.10 Å². The van der Waals surface area contributed by atoms with Crippen LogP contribution in [0, 0.1) is 0 Å². The van der Waals surface area contributed by atoms with E-state index in [0.29, 0.717) is 0 Å². The summed E-state index contributed by atoms with van der Waals surface area (Å²) < 4.78 is 0. The quantitative estimate of drug-likeness (QED) is 0.696. The molecule has 0 amide bonds. The normalized spacial score (nSPS) is 22.7. The van der Waals surface area contributed by atoms with Gasteiger partial charge in [-0.2, -0.15) is 0 Å². The Morgan fingerprint density at radius 2 is 2.00 bits per heavy atom. The van der Waals surface area contributed by atoms with E-state index >= 15 is 0 Å². The van der Waals surface area contributed by atoms with Crippen molar-refractivity contribution in [1.82, 2.24) is 0 Å². The van der Waals surface area contributed by atoms with Gasteiger partial charge in [0.25, 0.3) is 0 Å². The second-order valence-corrected chi connectivity index (χ2v) is 4.27. The number of rotatable bonds is 0. The SMILES string of the molecule is OC1C=CC2=C(CCC=C2)c2ccccc21. The number of allylic oxidation sites excluding steroid dienone is 5. The minimum atomic E-state index is -0.477. The molecule has 0 bridgehead atoms. The van der Waals surface area contributed by atoms with E-state index in [2.05, 4.69) is 18.2 Å². The molecule has 2 aliphatic rings. The van der Waals surface area contributed by atoms with Crippen LogP contribution >= 0.6 is 0 Å². The van der Waals surface area contributed by atoms with Gasteiger partial charge in [0.2, 0.25) is 0 Å². The van der Waals surface area contributed by atoms with E-state index in [1.165, 1.54) is 16.7 Å². The van der Waals surface area contributed by atoms with E-state index in [1.54, 1.807) is 0 Å². The van der Waals surface area contributed by atoms with Gasteiger partial charge in [0, 0.05) is 0 Å². The summed E-state index contributed by atoms with van der Waals surface area (Å²) in [6, 6.07) is 8.15. The second-order valence-electron chi connectivity index (χ2n) is 4.27. The van der Waals surface area contributed by atoms with Crippen molar-refractivity contribution in [3.05, 3.63) is 65.3 Å². The Labute approximate surface area is 95.4 Å². The molecule has 80 valence electrons. The van der Waals surface area contributed by atoms with Crippen LogP contribution in [0.5, 0.6) is 0 Å². The van der Waals surface area contributed by atoms with E-state index in [9.17, 15) is 5.11 Å². The minimum Gasteiger partial charge on any atom is -0.384 e. The van der Waals surface area contributed by atoms with E-state index in [-0.39, 0.29) is 0 Å². The van der Waals surface area contributed by atoms with Gasteiger partial charge in [0.15, 0.2) is 0 Å².